The molecular formula is C18H32N4O2Si. The maximum atomic E-state index is 12.6. The number of nitrogens with zero attached hydrogens (tertiary/aromatic N) is 3. The Bertz CT molecular complexity index is 650. The van der Waals surface area contributed by atoms with Gasteiger partial charge in [-0.3, -0.25) is 9.48 Å². The predicted octanol–water partition coefficient (Wildman–Crippen LogP) is 2.75. The van der Waals surface area contributed by atoms with E-state index in [2.05, 4.69) is 51.2 Å². The average molecular weight is 365 g/mol. The molecule has 1 fully saturated rings. The van der Waals surface area contributed by atoms with Crippen molar-refractivity contribution in [2.45, 2.75) is 71.4 Å². The zero-order valence-corrected chi connectivity index (χ0v) is 17.4. The normalized spacial score (nSPS) is 24.7. The fourth-order valence-electron chi connectivity index (χ4n) is 3.23. The maximum absolute atomic E-state index is 12.6. The number of carbonyl (C=O) groups excluding carboxylic acids is 1. The summed E-state index contributed by atoms with van der Waals surface area (Å²) < 4.78 is 8.38. The number of nitrogens with one attached hydrogen (secondary N) is 1. The van der Waals surface area contributed by atoms with Crippen LogP contribution < -0.4 is 10.2 Å². The topological polar surface area (TPSA) is 59.4 Å². The van der Waals surface area contributed by atoms with Gasteiger partial charge in [0.1, 0.15) is 0 Å². The Hall–Kier alpha value is -1.18. The van der Waals surface area contributed by atoms with Crippen LogP contribution in [-0.4, -0.2) is 43.2 Å². The van der Waals surface area contributed by atoms with Crippen LogP contribution in [-0.2, 0) is 22.3 Å². The van der Waals surface area contributed by atoms with Crippen molar-refractivity contribution in [3.63, 3.8) is 0 Å². The predicted molar refractivity (Wildman–Crippen MR) is 102 cm³/mol. The Morgan fingerprint density at radius 2 is 2.08 bits per heavy atom. The summed E-state index contributed by atoms with van der Waals surface area (Å²) >= 11 is 0. The first-order valence-corrected chi connectivity index (χ1v) is 12.2. The van der Waals surface area contributed by atoms with Gasteiger partial charge in [-0.05, 0) is 25.1 Å². The summed E-state index contributed by atoms with van der Waals surface area (Å²) in [6.45, 7) is 16.5. The molecule has 2 atom stereocenters. The van der Waals surface area contributed by atoms with Crippen molar-refractivity contribution in [2.75, 3.05) is 18.1 Å². The second-order valence-corrected chi connectivity index (χ2v) is 13.9. The summed E-state index contributed by atoms with van der Waals surface area (Å²) in [5.74, 6) is 0.464. The van der Waals surface area contributed by atoms with E-state index in [-0.39, 0.29) is 16.9 Å². The van der Waals surface area contributed by atoms with E-state index in [4.69, 9.17) is 4.43 Å². The van der Waals surface area contributed by atoms with E-state index in [9.17, 15) is 4.79 Å². The minimum Gasteiger partial charge on any atom is -0.416 e. The summed E-state index contributed by atoms with van der Waals surface area (Å²) in [5.41, 5.74) is 2.09. The maximum Gasteiger partial charge on any atom is 0.227 e. The molecule has 0 aromatic carbocycles. The van der Waals surface area contributed by atoms with Gasteiger partial charge in [-0.2, -0.15) is 5.10 Å². The standard InChI is InChI=1S/C18H32N4O2Si/c1-13-10-22-16(8-19-13)15(9-20-22)21-11-14(7-17(21)23)12-24-25(5,6)18(2,3)4/h9,13-14,19H,7-8,10-12H2,1-6H3. The second kappa shape index (κ2) is 6.52. The number of hydrogen-bond donors (Lipinski definition) is 1. The van der Waals surface area contributed by atoms with Crippen LogP contribution in [0.2, 0.25) is 18.1 Å². The molecule has 1 aromatic heterocycles. The van der Waals surface area contributed by atoms with Crippen molar-refractivity contribution in [1.82, 2.24) is 15.1 Å². The number of hydrogen-bond acceptors (Lipinski definition) is 4. The smallest absolute Gasteiger partial charge is 0.227 e. The van der Waals surface area contributed by atoms with Crippen molar-refractivity contribution in [3.05, 3.63) is 11.9 Å². The summed E-state index contributed by atoms with van der Waals surface area (Å²) in [4.78, 5) is 14.5. The summed E-state index contributed by atoms with van der Waals surface area (Å²) in [6.07, 6.45) is 2.42. The number of rotatable bonds is 4. The largest absolute Gasteiger partial charge is 0.416 e. The molecule has 140 valence electrons. The number of fused-ring (bicyclic) bond motifs is 1. The quantitative estimate of drug-likeness (QED) is 0.835. The molecule has 3 heterocycles. The van der Waals surface area contributed by atoms with Crippen molar-refractivity contribution < 1.29 is 9.22 Å². The first-order chi connectivity index (χ1) is 11.6. The van der Waals surface area contributed by atoms with Gasteiger partial charge in [0, 0.05) is 38.1 Å². The van der Waals surface area contributed by atoms with Gasteiger partial charge < -0.3 is 14.6 Å². The van der Waals surface area contributed by atoms with E-state index in [1.165, 1.54) is 0 Å². The van der Waals surface area contributed by atoms with Gasteiger partial charge in [0.15, 0.2) is 8.32 Å². The molecule has 2 aliphatic rings. The van der Waals surface area contributed by atoms with Crippen LogP contribution >= 0.6 is 0 Å². The minimum atomic E-state index is -1.77. The van der Waals surface area contributed by atoms with E-state index in [1.54, 1.807) is 0 Å². The van der Waals surface area contributed by atoms with Crippen molar-refractivity contribution in [2.24, 2.45) is 5.92 Å². The Morgan fingerprint density at radius 1 is 1.36 bits per heavy atom. The monoisotopic (exact) mass is 364 g/mol. The summed E-state index contributed by atoms with van der Waals surface area (Å²) in [7, 11) is -1.77. The van der Waals surface area contributed by atoms with E-state index in [0.29, 0.717) is 19.1 Å². The van der Waals surface area contributed by atoms with Crippen LogP contribution in [0.4, 0.5) is 5.69 Å². The van der Waals surface area contributed by atoms with Crippen molar-refractivity contribution in [3.8, 4) is 0 Å². The number of carbonyl (C=O) groups is 1. The third kappa shape index (κ3) is 3.68. The highest BCUT2D eigenvalue weighted by Gasteiger charge is 2.40. The van der Waals surface area contributed by atoms with E-state index in [0.717, 1.165) is 31.0 Å². The Morgan fingerprint density at radius 3 is 2.76 bits per heavy atom. The van der Waals surface area contributed by atoms with Gasteiger partial charge in [-0.15, -0.1) is 0 Å². The Labute approximate surface area is 152 Å². The Kier molecular flexibility index (Phi) is 4.85. The van der Waals surface area contributed by atoms with E-state index in [1.807, 2.05) is 15.8 Å². The lowest BCUT2D eigenvalue weighted by Gasteiger charge is -2.36. The molecule has 0 bridgehead atoms. The number of aromatic nitrogens is 2. The lowest BCUT2D eigenvalue weighted by atomic mass is 10.1. The molecule has 25 heavy (non-hydrogen) atoms. The van der Waals surface area contributed by atoms with E-state index >= 15 is 0 Å². The van der Waals surface area contributed by atoms with Gasteiger partial charge in [-0.1, -0.05) is 20.8 Å². The van der Waals surface area contributed by atoms with Gasteiger partial charge >= 0.3 is 0 Å². The molecule has 1 aromatic rings. The van der Waals surface area contributed by atoms with Crippen LogP contribution in [0.15, 0.2) is 6.20 Å². The first-order valence-electron chi connectivity index (χ1n) is 9.31. The van der Waals surface area contributed by atoms with Gasteiger partial charge in [0.05, 0.1) is 24.1 Å². The van der Waals surface area contributed by atoms with Crippen molar-refractivity contribution in [1.29, 1.82) is 0 Å². The highest BCUT2D eigenvalue weighted by molar-refractivity contribution is 6.74. The lowest BCUT2D eigenvalue weighted by molar-refractivity contribution is -0.117. The third-order valence-electron chi connectivity index (χ3n) is 5.97. The lowest BCUT2D eigenvalue weighted by Crippen LogP contribution is -2.42. The molecule has 0 saturated carbocycles. The van der Waals surface area contributed by atoms with Crippen LogP contribution in [0.5, 0.6) is 0 Å². The molecule has 6 nitrogen and oxygen atoms in total. The molecule has 0 aliphatic carbocycles. The zero-order chi connectivity index (χ0) is 18.4. The fraction of sp³-hybridized carbons (Fsp3) is 0.778. The van der Waals surface area contributed by atoms with Crippen LogP contribution in [0.3, 0.4) is 0 Å². The molecule has 1 saturated heterocycles. The van der Waals surface area contributed by atoms with Gasteiger partial charge in [0.25, 0.3) is 0 Å². The first kappa shape index (κ1) is 18.6. The SMILES string of the molecule is CC1Cn2ncc(N3CC(CO[Si](C)(C)C(C)(C)C)CC3=O)c2CN1. The highest BCUT2D eigenvalue weighted by atomic mass is 28.4. The molecule has 1 N–H and O–H groups in total. The molecule has 0 radical (unpaired) electrons. The summed E-state index contributed by atoms with van der Waals surface area (Å²) in [5, 5.41) is 8.14. The molecule has 0 spiro atoms. The van der Waals surface area contributed by atoms with Crippen LogP contribution in [0, 0.1) is 5.92 Å². The zero-order valence-electron chi connectivity index (χ0n) is 16.4. The number of amides is 1. The highest BCUT2D eigenvalue weighted by Crippen LogP contribution is 2.37. The van der Waals surface area contributed by atoms with Gasteiger partial charge in [0.2, 0.25) is 5.91 Å². The fourth-order valence-corrected chi connectivity index (χ4v) is 4.31. The molecule has 3 rings (SSSR count). The minimum absolute atomic E-state index is 0.193. The van der Waals surface area contributed by atoms with Crippen molar-refractivity contribution >= 4 is 19.9 Å². The average Bonchev–Trinajstić information content (AvgIpc) is 3.06. The van der Waals surface area contributed by atoms with Gasteiger partial charge in [-0.25, -0.2) is 0 Å². The molecule has 7 heteroatoms. The van der Waals surface area contributed by atoms with Crippen LogP contribution in [0.25, 0.3) is 0 Å². The second-order valence-electron chi connectivity index (χ2n) is 9.09. The molecule has 2 aliphatic heterocycles. The third-order valence-corrected chi connectivity index (χ3v) is 10.5. The molecule has 1 amide bonds. The van der Waals surface area contributed by atoms with E-state index < -0.39 is 8.32 Å². The summed E-state index contributed by atoms with van der Waals surface area (Å²) in [6, 6.07) is 0.417. The Balaban J connectivity index is 1.66. The van der Waals surface area contributed by atoms with Crippen LogP contribution in [0.1, 0.15) is 39.8 Å². The number of anilines is 1. The molecular weight excluding hydrogens is 332 g/mol. The molecule has 2 unspecified atom stereocenters.